The van der Waals surface area contributed by atoms with Crippen molar-refractivity contribution in [1.29, 1.82) is 0 Å². The molecule has 1 atom stereocenters. The highest BCUT2D eigenvalue weighted by atomic mass is 35.5. The summed E-state index contributed by atoms with van der Waals surface area (Å²) in [5, 5.41) is -0.272. The lowest BCUT2D eigenvalue weighted by atomic mass is 10.2. The third kappa shape index (κ3) is 3.34. The molecule has 1 fully saturated rings. The quantitative estimate of drug-likeness (QED) is 0.721. The fourth-order valence-corrected chi connectivity index (χ4v) is 3.67. The zero-order valence-corrected chi connectivity index (χ0v) is 16.1. The van der Waals surface area contributed by atoms with E-state index in [0.29, 0.717) is 4.90 Å². The number of carbonyl (C=O) groups excluding carboxylic acids is 2. The van der Waals surface area contributed by atoms with Crippen LogP contribution in [-0.4, -0.2) is 42.4 Å². The second kappa shape index (κ2) is 7.00. The number of hydrogen-bond donors (Lipinski definition) is 1. The van der Waals surface area contributed by atoms with E-state index in [1.807, 2.05) is 0 Å². The first-order chi connectivity index (χ1) is 12.7. The largest absolute Gasteiger partial charge is 0.430 e. The highest BCUT2D eigenvalue weighted by Gasteiger charge is 2.46. The van der Waals surface area contributed by atoms with Crippen molar-refractivity contribution in [3.63, 3.8) is 0 Å². The van der Waals surface area contributed by atoms with E-state index in [9.17, 15) is 18.0 Å². The molecule has 2 aromatic rings. The number of anilines is 1. The topological polar surface area (TPSA) is 131 Å². The van der Waals surface area contributed by atoms with Gasteiger partial charge >= 0.3 is 6.09 Å². The molecule has 142 valence electrons. The van der Waals surface area contributed by atoms with Crippen molar-refractivity contribution in [1.82, 2.24) is 19.7 Å². The van der Waals surface area contributed by atoms with E-state index in [0.717, 1.165) is 12.5 Å². The molecule has 13 heteroatoms. The Kier molecular flexibility index (Phi) is 5.04. The summed E-state index contributed by atoms with van der Waals surface area (Å²) in [7, 11) is -2.49. The Morgan fingerprint density at radius 2 is 1.81 bits per heavy atom. The van der Waals surface area contributed by atoms with Crippen LogP contribution in [0.15, 0.2) is 23.5 Å². The number of nitrogens with one attached hydrogen (secondary N) is 1. The average molecular weight is 432 g/mol. The van der Waals surface area contributed by atoms with E-state index in [1.165, 1.54) is 20.0 Å². The number of amides is 2. The number of aromatic nitrogens is 3. The maximum atomic E-state index is 12.7. The molecule has 2 amide bonds. The van der Waals surface area contributed by atoms with Crippen LogP contribution in [0, 0.1) is 6.92 Å². The Bertz CT molecular complexity index is 1040. The number of carbonyl (C=O) groups is 2. The fraction of sp³-hybridized carbons (Fsp3) is 0.214. The van der Waals surface area contributed by atoms with Gasteiger partial charge in [-0.25, -0.2) is 32.9 Å². The van der Waals surface area contributed by atoms with Crippen LogP contribution < -0.4 is 9.62 Å². The number of nitrogens with zero attached hydrogens (tertiary/aromatic N) is 4. The zero-order chi connectivity index (χ0) is 19.9. The van der Waals surface area contributed by atoms with E-state index >= 15 is 0 Å². The Labute approximate surface area is 163 Å². The number of pyridine rings is 1. The molecule has 10 nitrogen and oxygen atoms in total. The van der Waals surface area contributed by atoms with Gasteiger partial charge in [0, 0.05) is 6.20 Å². The van der Waals surface area contributed by atoms with Gasteiger partial charge in [-0.05, 0) is 25.6 Å². The first-order valence-corrected chi connectivity index (χ1v) is 9.52. The van der Waals surface area contributed by atoms with Gasteiger partial charge in [0.15, 0.2) is 0 Å². The summed E-state index contributed by atoms with van der Waals surface area (Å²) in [5.74, 6) is -0.884. The van der Waals surface area contributed by atoms with Crippen molar-refractivity contribution in [2.45, 2.75) is 17.9 Å². The maximum Gasteiger partial charge on any atom is 0.423 e. The molecule has 0 aromatic carbocycles. The average Bonchev–Trinajstić information content (AvgIpc) is 2.89. The van der Waals surface area contributed by atoms with Crippen molar-refractivity contribution >= 4 is 51.0 Å². The van der Waals surface area contributed by atoms with Crippen LogP contribution in [0.4, 0.5) is 10.6 Å². The molecule has 0 spiro atoms. The summed E-state index contributed by atoms with van der Waals surface area (Å²) in [6.07, 6.45) is -0.339. The van der Waals surface area contributed by atoms with Gasteiger partial charge in [-0.2, -0.15) is 4.90 Å². The number of hydrogen-bond acceptors (Lipinski definition) is 8. The summed E-state index contributed by atoms with van der Waals surface area (Å²) < 4.78 is 30.9. The van der Waals surface area contributed by atoms with Gasteiger partial charge in [-0.15, -0.1) is 0 Å². The first kappa shape index (κ1) is 19.4. The summed E-state index contributed by atoms with van der Waals surface area (Å²) in [6.45, 7) is 1.50. The van der Waals surface area contributed by atoms with Crippen molar-refractivity contribution in [2.24, 2.45) is 0 Å². The molecule has 0 radical (unpaired) electrons. The van der Waals surface area contributed by atoms with Gasteiger partial charge in [0.05, 0.1) is 5.56 Å². The van der Waals surface area contributed by atoms with Gasteiger partial charge in [0.2, 0.25) is 16.1 Å². The lowest BCUT2D eigenvalue weighted by Crippen LogP contribution is -2.31. The van der Waals surface area contributed by atoms with Crippen LogP contribution in [0.3, 0.4) is 0 Å². The van der Waals surface area contributed by atoms with Crippen molar-refractivity contribution in [3.8, 4) is 0 Å². The second-order valence-corrected chi connectivity index (χ2v) is 7.93. The number of sulfonamides is 1. The highest BCUT2D eigenvalue weighted by Crippen LogP contribution is 2.37. The molecule has 0 bridgehead atoms. The molecule has 27 heavy (non-hydrogen) atoms. The van der Waals surface area contributed by atoms with Crippen molar-refractivity contribution in [2.75, 3.05) is 11.9 Å². The van der Waals surface area contributed by atoms with Gasteiger partial charge in [0.25, 0.3) is 5.91 Å². The Morgan fingerprint density at radius 3 is 2.37 bits per heavy atom. The van der Waals surface area contributed by atoms with Crippen molar-refractivity contribution < 1.29 is 22.7 Å². The number of imide groups is 1. The zero-order valence-electron chi connectivity index (χ0n) is 13.8. The number of rotatable bonds is 4. The first-order valence-electron chi connectivity index (χ1n) is 7.28. The highest BCUT2D eigenvalue weighted by molar-refractivity contribution is 7.89. The second-order valence-electron chi connectivity index (χ2n) is 5.33. The molecule has 3 rings (SSSR count). The predicted octanol–water partition coefficient (Wildman–Crippen LogP) is 1.62. The molecule has 1 unspecified atom stereocenters. The minimum absolute atomic E-state index is 0.0475. The molecule has 3 heterocycles. The summed E-state index contributed by atoms with van der Waals surface area (Å²) in [4.78, 5) is 37.0. The molecule has 0 saturated carbocycles. The van der Waals surface area contributed by atoms with Crippen LogP contribution >= 0.6 is 23.2 Å². The lowest BCUT2D eigenvalue weighted by Gasteiger charge is -2.14. The van der Waals surface area contributed by atoms with Crippen LogP contribution in [-0.2, 0) is 19.6 Å². The lowest BCUT2D eigenvalue weighted by molar-refractivity contribution is -0.122. The van der Waals surface area contributed by atoms with E-state index in [4.69, 9.17) is 27.9 Å². The number of ether oxygens (including phenoxy) is 1. The Hall–Kier alpha value is -2.34. The van der Waals surface area contributed by atoms with E-state index in [2.05, 4.69) is 19.7 Å². The number of cyclic esters (lactones) is 1. The smallest absolute Gasteiger partial charge is 0.423 e. The van der Waals surface area contributed by atoms with E-state index in [1.54, 1.807) is 0 Å². The SMILES string of the molecule is CNS(=O)(=O)c1cnc(N2C(=O)OC(c3c(Cl)ncnc3Cl)C2=O)c(C)c1. The molecule has 0 aliphatic carbocycles. The van der Waals surface area contributed by atoms with Gasteiger partial charge < -0.3 is 4.74 Å². The third-order valence-corrected chi connectivity index (χ3v) is 5.69. The minimum Gasteiger partial charge on any atom is -0.430 e. The summed E-state index contributed by atoms with van der Waals surface area (Å²) in [5.41, 5.74) is 0.215. The molecule has 1 saturated heterocycles. The Morgan fingerprint density at radius 1 is 1.19 bits per heavy atom. The molecular formula is C14H11Cl2N5O5S. The third-order valence-electron chi connectivity index (χ3n) is 3.71. The normalized spacial score (nSPS) is 17.3. The fourth-order valence-electron chi connectivity index (χ4n) is 2.40. The number of halogens is 2. The standard InChI is InChI=1S/C14H11Cl2N5O5S/c1-6-3-7(27(24,25)17-2)4-18-12(6)21-13(22)9(26-14(21)23)8-10(15)19-5-20-11(8)16/h3-5,9,17H,1-2H3. The Balaban J connectivity index is 2.02. The van der Waals surface area contributed by atoms with Gasteiger partial charge in [0.1, 0.15) is 27.3 Å². The summed E-state index contributed by atoms with van der Waals surface area (Å²) in [6, 6.07) is 1.27. The van der Waals surface area contributed by atoms with Gasteiger partial charge in [-0.3, -0.25) is 4.79 Å². The maximum absolute atomic E-state index is 12.7. The molecule has 1 aliphatic heterocycles. The van der Waals surface area contributed by atoms with Gasteiger partial charge in [-0.1, -0.05) is 23.2 Å². The van der Waals surface area contributed by atoms with Crippen LogP contribution in [0.5, 0.6) is 0 Å². The van der Waals surface area contributed by atoms with E-state index in [-0.39, 0.29) is 32.1 Å². The summed E-state index contributed by atoms with van der Waals surface area (Å²) >= 11 is 11.9. The molecule has 1 aliphatic rings. The van der Waals surface area contributed by atoms with Crippen LogP contribution in [0.1, 0.15) is 17.2 Å². The van der Waals surface area contributed by atoms with Crippen molar-refractivity contribution in [3.05, 3.63) is 40.0 Å². The van der Waals surface area contributed by atoms with E-state index < -0.39 is 28.1 Å². The molecule has 1 N–H and O–H groups in total. The predicted molar refractivity (Wildman–Crippen MR) is 94.0 cm³/mol. The van der Waals surface area contributed by atoms with Crippen LogP contribution in [0.25, 0.3) is 0 Å². The monoisotopic (exact) mass is 431 g/mol. The number of aryl methyl sites for hydroxylation is 1. The van der Waals surface area contributed by atoms with Crippen LogP contribution in [0.2, 0.25) is 10.3 Å². The minimum atomic E-state index is -3.74. The molecule has 2 aromatic heterocycles. The molecular weight excluding hydrogens is 421 g/mol.